The second-order valence-corrected chi connectivity index (χ2v) is 7.98. The Labute approximate surface area is 165 Å². The summed E-state index contributed by atoms with van der Waals surface area (Å²) < 4.78 is 12.8. The minimum atomic E-state index is -0.273. The van der Waals surface area contributed by atoms with Crippen LogP contribution in [0.5, 0.6) is 0 Å². The van der Waals surface area contributed by atoms with Crippen molar-refractivity contribution in [2.24, 2.45) is 0 Å². The maximum absolute atomic E-state index is 12.1. The molecule has 1 N–H and O–H groups in total. The molecule has 1 aromatic carbocycles. The first-order valence-corrected chi connectivity index (χ1v) is 9.96. The molecule has 1 aliphatic heterocycles. The van der Waals surface area contributed by atoms with Gasteiger partial charge in [-0.1, -0.05) is 30.0 Å². The van der Waals surface area contributed by atoms with E-state index in [9.17, 15) is 4.79 Å². The van der Waals surface area contributed by atoms with E-state index in [1.54, 1.807) is 6.26 Å². The van der Waals surface area contributed by atoms with Gasteiger partial charge in [-0.25, -0.2) is 0 Å². The molecule has 1 saturated heterocycles. The normalized spacial score (nSPS) is 19.4. The number of para-hydroxylation sites is 1. The lowest BCUT2D eigenvalue weighted by molar-refractivity contribution is -0.140. The van der Waals surface area contributed by atoms with Crippen LogP contribution in [-0.2, 0) is 16.1 Å². The first kappa shape index (κ1) is 17.1. The quantitative estimate of drug-likeness (QED) is 0.517. The fourth-order valence-electron chi connectivity index (χ4n) is 3.48. The lowest BCUT2D eigenvalue weighted by atomic mass is 10.1. The van der Waals surface area contributed by atoms with Crippen LogP contribution in [0.15, 0.2) is 58.4 Å². The first-order chi connectivity index (χ1) is 13.7. The van der Waals surface area contributed by atoms with Gasteiger partial charge in [-0.3, -0.25) is 9.36 Å². The summed E-state index contributed by atoms with van der Waals surface area (Å²) in [5, 5.41) is 10.3. The predicted octanol–water partition coefficient (Wildman–Crippen LogP) is 3.86. The smallest absolute Gasteiger partial charge is 0.319 e. The lowest BCUT2D eigenvalue weighted by Gasteiger charge is -2.10. The summed E-state index contributed by atoms with van der Waals surface area (Å²) >= 11 is 1.40. The standard InChI is InChI=1S/C20H18N4O3S/c1-12-9-17(19(25)27-12)28-20-23-22-18(24(20)11-13-5-4-8-26-13)15-10-21-16-7-3-2-6-14(15)16/h2-8,10,12,17,21H,9,11H2,1H3. The molecule has 7 nitrogen and oxygen atoms in total. The molecule has 1 fully saturated rings. The number of furan rings is 1. The van der Waals surface area contributed by atoms with Crippen LogP contribution in [0, 0.1) is 0 Å². The van der Waals surface area contributed by atoms with E-state index in [2.05, 4.69) is 21.2 Å². The van der Waals surface area contributed by atoms with E-state index in [4.69, 9.17) is 9.15 Å². The maximum atomic E-state index is 12.1. The number of thioether (sulfide) groups is 1. The fraction of sp³-hybridized carbons (Fsp3) is 0.250. The number of carbonyl (C=O) groups excluding carboxylic acids is 1. The molecule has 0 aliphatic carbocycles. The molecule has 3 aromatic heterocycles. The van der Waals surface area contributed by atoms with Gasteiger partial charge < -0.3 is 14.1 Å². The highest BCUT2D eigenvalue weighted by molar-refractivity contribution is 8.00. The highest BCUT2D eigenvalue weighted by Crippen LogP contribution is 2.35. The molecule has 1 aliphatic rings. The number of aromatic amines is 1. The molecular formula is C20H18N4O3S. The number of H-pyrrole nitrogens is 1. The molecule has 2 unspecified atom stereocenters. The molecule has 5 rings (SSSR count). The van der Waals surface area contributed by atoms with Gasteiger partial charge >= 0.3 is 5.97 Å². The average molecular weight is 394 g/mol. The number of nitrogens with one attached hydrogen (secondary N) is 1. The summed E-state index contributed by atoms with van der Waals surface area (Å²) in [6.07, 6.45) is 4.18. The zero-order valence-corrected chi connectivity index (χ0v) is 16.0. The third-order valence-electron chi connectivity index (χ3n) is 4.81. The number of fused-ring (bicyclic) bond motifs is 1. The number of hydrogen-bond acceptors (Lipinski definition) is 6. The molecule has 4 heterocycles. The van der Waals surface area contributed by atoms with Crippen LogP contribution >= 0.6 is 11.8 Å². The number of benzene rings is 1. The number of esters is 1. The Morgan fingerprint density at radius 3 is 2.93 bits per heavy atom. The van der Waals surface area contributed by atoms with Gasteiger partial charge in [0.25, 0.3) is 0 Å². The van der Waals surface area contributed by atoms with Crippen molar-refractivity contribution in [2.45, 2.75) is 36.4 Å². The Morgan fingerprint density at radius 1 is 1.25 bits per heavy atom. The van der Waals surface area contributed by atoms with Crippen LogP contribution in [-0.4, -0.2) is 37.1 Å². The van der Waals surface area contributed by atoms with Gasteiger partial charge in [0.15, 0.2) is 11.0 Å². The van der Waals surface area contributed by atoms with Crippen LogP contribution in [0.1, 0.15) is 19.1 Å². The van der Waals surface area contributed by atoms with E-state index in [0.29, 0.717) is 18.1 Å². The predicted molar refractivity (Wildman–Crippen MR) is 105 cm³/mol. The van der Waals surface area contributed by atoms with Crippen LogP contribution in [0.2, 0.25) is 0 Å². The summed E-state index contributed by atoms with van der Waals surface area (Å²) in [5.74, 6) is 1.33. The topological polar surface area (TPSA) is 85.9 Å². The van der Waals surface area contributed by atoms with Gasteiger partial charge in [0.1, 0.15) is 17.1 Å². The Bertz CT molecular complexity index is 1130. The van der Waals surface area contributed by atoms with Crippen molar-refractivity contribution in [1.82, 2.24) is 19.7 Å². The lowest BCUT2D eigenvalue weighted by Crippen LogP contribution is -2.12. The second kappa shape index (κ2) is 6.87. The van der Waals surface area contributed by atoms with Crippen molar-refractivity contribution in [2.75, 3.05) is 0 Å². The zero-order valence-electron chi connectivity index (χ0n) is 15.2. The molecule has 2 atom stereocenters. The van der Waals surface area contributed by atoms with Crippen LogP contribution in [0.4, 0.5) is 0 Å². The summed E-state index contributed by atoms with van der Waals surface area (Å²) in [5.41, 5.74) is 2.00. The highest BCUT2D eigenvalue weighted by Gasteiger charge is 2.34. The number of rotatable bonds is 5. The molecule has 0 bridgehead atoms. The molecule has 0 saturated carbocycles. The third kappa shape index (κ3) is 2.99. The van der Waals surface area contributed by atoms with Crippen molar-refractivity contribution >= 4 is 28.6 Å². The molecule has 4 aromatic rings. The summed E-state index contributed by atoms with van der Waals surface area (Å²) in [4.78, 5) is 15.4. The monoisotopic (exact) mass is 394 g/mol. The molecule has 0 spiro atoms. The molecule has 28 heavy (non-hydrogen) atoms. The molecule has 0 amide bonds. The van der Waals surface area contributed by atoms with Crippen molar-refractivity contribution < 1.29 is 13.9 Å². The van der Waals surface area contributed by atoms with Crippen molar-refractivity contribution in [1.29, 1.82) is 0 Å². The number of carbonyl (C=O) groups is 1. The van der Waals surface area contributed by atoms with E-state index in [1.807, 2.05) is 48.0 Å². The molecule has 142 valence electrons. The minimum absolute atomic E-state index is 0.0699. The third-order valence-corrected chi connectivity index (χ3v) is 6.00. The number of cyclic esters (lactones) is 1. The Morgan fingerprint density at radius 2 is 2.14 bits per heavy atom. The summed E-state index contributed by atoms with van der Waals surface area (Å²) in [6.45, 7) is 2.39. The van der Waals surface area contributed by atoms with Crippen molar-refractivity contribution in [3.63, 3.8) is 0 Å². The van der Waals surface area contributed by atoms with E-state index < -0.39 is 0 Å². The van der Waals surface area contributed by atoms with Crippen molar-refractivity contribution in [3.8, 4) is 11.4 Å². The average Bonchev–Trinajstić information content (AvgIpc) is 3.45. The summed E-state index contributed by atoms with van der Waals surface area (Å²) in [6, 6.07) is 11.8. The van der Waals surface area contributed by atoms with Crippen molar-refractivity contribution in [3.05, 3.63) is 54.6 Å². The molecule has 8 heteroatoms. The maximum Gasteiger partial charge on any atom is 0.319 e. The molecular weight excluding hydrogens is 376 g/mol. The Kier molecular flexibility index (Phi) is 4.20. The number of ether oxygens (including phenoxy) is 1. The minimum Gasteiger partial charge on any atom is -0.467 e. The van der Waals surface area contributed by atoms with Gasteiger partial charge in [-0.2, -0.15) is 0 Å². The Hall–Kier alpha value is -3.00. The van der Waals surface area contributed by atoms with Crippen LogP contribution in [0.3, 0.4) is 0 Å². The van der Waals surface area contributed by atoms with E-state index in [1.165, 1.54) is 11.8 Å². The second-order valence-electron chi connectivity index (χ2n) is 6.81. The zero-order chi connectivity index (χ0) is 19.1. The first-order valence-electron chi connectivity index (χ1n) is 9.08. The fourth-order valence-corrected chi connectivity index (χ4v) is 4.62. The number of hydrogen-bond donors (Lipinski definition) is 1. The van der Waals surface area contributed by atoms with E-state index >= 15 is 0 Å². The van der Waals surface area contributed by atoms with Gasteiger partial charge in [-0.15, -0.1) is 10.2 Å². The van der Waals surface area contributed by atoms with Gasteiger partial charge in [0.05, 0.1) is 12.8 Å². The van der Waals surface area contributed by atoms with Crippen LogP contribution in [0.25, 0.3) is 22.3 Å². The van der Waals surface area contributed by atoms with E-state index in [-0.39, 0.29) is 17.3 Å². The van der Waals surface area contributed by atoms with E-state index in [0.717, 1.165) is 28.1 Å². The van der Waals surface area contributed by atoms with Crippen LogP contribution < -0.4 is 0 Å². The largest absolute Gasteiger partial charge is 0.467 e. The number of nitrogens with zero attached hydrogens (tertiary/aromatic N) is 3. The molecule has 0 radical (unpaired) electrons. The number of aromatic nitrogens is 4. The van der Waals surface area contributed by atoms with Gasteiger partial charge in [-0.05, 0) is 25.1 Å². The SMILES string of the molecule is CC1CC(Sc2nnc(-c3c[nH]c4ccccc34)n2Cc2ccco2)C(=O)O1. The van der Waals surface area contributed by atoms with Gasteiger partial charge in [0, 0.05) is 29.1 Å². The Balaban J connectivity index is 1.57. The van der Waals surface area contributed by atoms with Gasteiger partial charge in [0.2, 0.25) is 0 Å². The highest BCUT2D eigenvalue weighted by atomic mass is 32.2. The summed E-state index contributed by atoms with van der Waals surface area (Å²) in [7, 11) is 0.